The molecule has 0 fully saturated rings. The van der Waals surface area contributed by atoms with Crippen molar-refractivity contribution in [2.45, 2.75) is 20.8 Å². The third-order valence-electron chi connectivity index (χ3n) is 4.71. The van der Waals surface area contributed by atoms with Crippen LogP contribution in [-0.2, 0) is 0 Å². The molecular weight excluding hydrogens is 308 g/mol. The van der Waals surface area contributed by atoms with Crippen LogP contribution < -0.4 is 0 Å². The number of H-pyrrole nitrogens is 2. The summed E-state index contributed by atoms with van der Waals surface area (Å²) in [6, 6.07) is 14.5. The topological polar surface area (TPSA) is 68.3 Å². The molecule has 0 atom stereocenters. The minimum Gasteiger partial charge on any atom is -0.358 e. The molecule has 2 aromatic heterocycles. The van der Waals surface area contributed by atoms with Crippen molar-refractivity contribution in [2.24, 2.45) is 0 Å². The van der Waals surface area contributed by atoms with Crippen molar-refractivity contribution in [3.8, 4) is 6.07 Å². The highest BCUT2D eigenvalue weighted by Crippen LogP contribution is 2.27. The summed E-state index contributed by atoms with van der Waals surface area (Å²) in [6.45, 7) is 6.16. The van der Waals surface area contributed by atoms with Gasteiger partial charge in [-0.25, -0.2) is 4.98 Å². The highest BCUT2D eigenvalue weighted by molar-refractivity contribution is 5.98. The van der Waals surface area contributed by atoms with E-state index < -0.39 is 0 Å². The standard InChI is InChI=1S/C21H18N4/c1-12-8-19-20(9-13(12)2)25-21(24-19)15(11-22)10-17-14(3)23-18-7-5-4-6-16(17)18/h4-10,23H,1-3H3,(H,24,25)/b15-10-. The number of aromatic nitrogens is 3. The van der Waals surface area contributed by atoms with Crippen LogP contribution in [0.25, 0.3) is 33.6 Å². The number of fused-ring (bicyclic) bond motifs is 2. The molecule has 2 N–H and O–H groups in total. The number of nitrogens with one attached hydrogen (secondary N) is 2. The summed E-state index contributed by atoms with van der Waals surface area (Å²) in [6.07, 6.45) is 1.91. The molecule has 0 amide bonds. The number of para-hydroxylation sites is 1. The van der Waals surface area contributed by atoms with Gasteiger partial charge in [0.05, 0.1) is 16.6 Å². The van der Waals surface area contributed by atoms with Crippen molar-refractivity contribution in [3.05, 3.63) is 64.6 Å². The molecule has 4 aromatic rings. The Morgan fingerprint density at radius 3 is 2.60 bits per heavy atom. The van der Waals surface area contributed by atoms with Gasteiger partial charge in [-0.3, -0.25) is 0 Å². The lowest BCUT2D eigenvalue weighted by Crippen LogP contribution is -1.85. The summed E-state index contributed by atoms with van der Waals surface area (Å²) in [7, 11) is 0. The Morgan fingerprint density at radius 2 is 1.80 bits per heavy atom. The Bertz CT molecular complexity index is 1140. The van der Waals surface area contributed by atoms with E-state index in [1.807, 2.05) is 31.2 Å². The molecule has 4 nitrogen and oxygen atoms in total. The maximum absolute atomic E-state index is 9.69. The zero-order chi connectivity index (χ0) is 17.6. The van der Waals surface area contributed by atoms with Gasteiger partial charge in [-0.15, -0.1) is 0 Å². The van der Waals surface area contributed by atoms with Crippen LogP contribution in [0.2, 0.25) is 0 Å². The van der Waals surface area contributed by atoms with Gasteiger partial charge in [-0.2, -0.15) is 5.26 Å². The Kier molecular flexibility index (Phi) is 3.43. The van der Waals surface area contributed by atoms with Crippen molar-refractivity contribution in [1.82, 2.24) is 15.0 Å². The molecule has 0 unspecified atom stereocenters. The number of rotatable bonds is 2. The average Bonchev–Trinajstić information content (AvgIpc) is 3.13. The van der Waals surface area contributed by atoms with E-state index >= 15 is 0 Å². The number of hydrogen-bond donors (Lipinski definition) is 2. The van der Waals surface area contributed by atoms with Crippen LogP contribution in [0.4, 0.5) is 0 Å². The lowest BCUT2D eigenvalue weighted by molar-refractivity contribution is 1.27. The normalized spacial score (nSPS) is 12.0. The molecule has 0 aliphatic carbocycles. The molecule has 0 radical (unpaired) electrons. The van der Waals surface area contributed by atoms with E-state index in [-0.39, 0.29) is 0 Å². The lowest BCUT2D eigenvalue weighted by Gasteiger charge is -1.97. The molecule has 122 valence electrons. The van der Waals surface area contributed by atoms with Crippen LogP contribution in [0, 0.1) is 32.1 Å². The highest BCUT2D eigenvalue weighted by atomic mass is 14.9. The number of aromatic amines is 2. The second-order valence-electron chi connectivity index (χ2n) is 6.42. The minimum atomic E-state index is 0.527. The van der Waals surface area contributed by atoms with Gasteiger partial charge in [0.25, 0.3) is 0 Å². The van der Waals surface area contributed by atoms with Gasteiger partial charge in [-0.05, 0) is 56.2 Å². The summed E-state index contributed by atoms with van der Waals surface area (Å²) < 4.78 is 0. The molecule has 4 rings (SSSR count). The van der Waals surface area contributed by atoms with Gasteiger partial charge in [0.2, 0.25) is 0 Å². The predicted molar refractivity (Wildman–Crippen MR) is 102 cm³/mol. The Balaban J connectivity index is 1.89. The maximum atomic E-state index is 9.69. The molecule has 0 spiro atoms. The summed E-state index contributed by atoms with van der Waals surface area (Å²) in [5, 5.41) is 10.8. The fourth-order valence-electron chi connectivity index (χ4n) is 3.18. The van der Waals surface area contributed by atoms with Gasteiger partial charge in [0.15, 0.2) is 0 Å². The monoisotopic (exact) mass is 326 g/mol. The Hall–Kier alpha value is -3.32. The first-order chi connectivity index (χ1) is 12.1. The molecule has 2 aromatic carbocycles. The molecular formula is C21H18N4. The predicted octanol–water partition coefficient (Wildman–Crippen LogP) is 5.03. The Labute approximate surface area is 145 Å². The summed E-state index contributed by atoms with van der Waals surface area (Å²) in [5.41, 5.74) is 7.90. The largest absolute Gasteiger partial charge is 0.358 e. The van der Waals surface area contributed by atoms with E-state index in [4.69, 9.17) is 0 Å². The number of aryl methyl sites for hydroxylation is 3. The number of nitriles is 1. The molecule has 0 bridgehead atoms. The zero-order valence-electron chi connectivity index (χ0n) is 14.4. The average molecular weight is 326 g/mol. The van der Waals surface area contributed by atoms with Crippen LogP contribution in [0.3, 0.4) is 0 Å². The zero-order valence-corrected chi connectivity index (χ0v) is 14.4. The molecule has 0 saturated heterocycles. The molecule has 0 aliphatic rings. The highest BCUT2D eigenvalue weighted by Gasteiger charge is 2.12. The molecule has 4 heteroatoms. The molecule has 0 saturated carbocycles. The third kappa shape index (κ3) is 2.50. The van der Waals surface area contributed by atoms with E-state index in [1.165, 1.54) is 11.1 Å². The fourth-order valence-corrected chi connectivity index (χ4v) is 3.18. The number of benzene rings is 2. The van der Waals surface area contributed by atoms with E-state index in [2.05, 4.69) is 53.1 Å². The quantitative estimate of drug-likeness (QED) is 0.507. The summed E-state index contributed by atoms with van der Waals surface area (Å²) >= 11 is 0. The third-order valence-corrected chi connectivity index (χ3v) is 4.71. The van der Waals surface area contributed by atoms with Gasteiger partial charge >= 0.3 is 0 Å². The van der Waals surface area contributed by atoms with Crippen LogP contribution in [0.15, 0.2) is 36.4 Å². The second-order valence-corrected chi connectivity index (χ2v) is 6.42. The van der Waals surface area contributed by atoms with E-state index in [0.717, 1.165) is 33.2 Å². The van der Waals surface area contributed by atoms with Crippen molar-refractivity contribution in [3.63, 3.8) is 0 Å². The van der Waals surface area contributed by atoms with Gasteiger partial charge in [0.1, 0.15) is 11.9 Å². The van der Waals surface area contributed by atoms with E-state index in [1.54, 1.807) is 0 Å². The number of allylic oxidation sites excluding steroid dienone is 1. The first kappa shape index (κ1) is 15.2. The van der Waals surface area contributed by atoms with Gasteiger partial charge < -0.3 is 9.97 Å². The molecule has 0 aliphatic heterocycles. The Morgan fingerprint density at radius 1 is 1.04 bits per heavy atom. The van der Waals surface area contributed by atoms with Gasteiger partial charge in [-0.1, -0.05) is 18.2 Å². The summed E-state index contributed by atoms with van der Waals surface area (Å²) in [5.74, 6) is 0.604. The van der Waals surface area contributed by atoms with Crippen molar-refractivity contribution < 1.29 is 0 Å². The van der Waals surface area contributed by atoms with E-state index in [9.17, 15) is 5.26 Å². The first-order valence-corrected chi connectivity index (χ1v) is 8.23. The van der Waals surface area contributed by atoms with Crippen molar-refractivity contribution in [1.29, 1.82) is 5.26 Å². The molecule has 2 heterocycles. The lowest BCUT2D eigenvalue weighted by atomic mass is 10.1. The second kappa shape index (κ2) is 5.64. The fraction of sp³-hybridized carbons (Fsp3) is 0.143. The smallest absolute Gasteiger partial charge is 0.149 e. The number of nitrogens with zero attached hydrogens (tertiary/aromatic N) is 2. The first-order valence-electron chi connectivity index (χ1n) is 8.23. The number of hydrogen-bond acceptors (Lipinski definition) is 2. The van der Waals surface area contributed by atoms with Crippen LogP contribution >= 0.6 is 0 Å². The van der Waals surface area contributed by atoms with Crippen molar-refractivity contribution in [2.75, 3.05) is 0 Å². The van der Waals surface area contributed by atoms with Crippen molar-refractivity contribution >= 4 is 33.6 Å². The van der Waals surface area contributed by atoms with Crippen LogP contribution in [0.1, 0.15) is 28.2 Å². The molecule has 25 heavy (non-hydrogen) atoms. The van der Waals surface area contributed by atoms with E-state index in [0.29, 0.717) is 11.4 Å². The number of imidazole rings is 1. The van der Waals surface area contributed by atoms with Gasteiger partial charge in [0, 0.05) is 22.2 Å². The summed E-state index contributed by atoms with van der Waals surface area (Å²) in [4.78, 5) is 11.3. The van der Waals surface area contributed by atoms with Crippen LogP contribution in [-0.4, -0.2) is 15.0 Å². The SMILES string of the molecule is Cc1cc2nc(/C(C#N)=C\c3c(C)[nH]c4ccccc34)[nH]c2cc1C. The maximum Gasteiger partial charge on any atom is 0.149 e. The van der Waals surface area contributed by atoms with Crippen LogP contribution in [0.5, 0.6) is 0 Å². The minimum absolute atomic E-state index is 0.527.